The predicted octanol–water partition coefficient (Wildman–Crippen LogP) is 2.75. The lowest BCUT2D eigenvalue weighted by molar-refractivity contribution is -0.134. The number of carboxylic acid groups (broad SMARTS) is 1. The zero-order valence-corrected chi connectivity index (χ0v) is 15.9. The third-order valence-corrected chi connectivity index (χ3v) is 5.28. The van der Waals surface area contributed by atoms with Gasteiger partial charge in [-0.25, -0.2) is 4.79 Å². The highest BCUT2D eigenvalue weighted by atomic mass is 16.5. The Bertz CT molecular complexity index is 851. The van der Waals surface area contributed by atoms with Gasteiger partial charge in [0.05, 0.1) is 17.9 Å². The Morgan fingerprint density at radius 2 is 1.89 bits per heavy atom. The monoisotopic (exact) mass is 371 g/mol. The van der Waals surface area contributed by atoms with Crippen LogP contribution in [0, 0.1) is 20.8 Å². The van der Waals surface area contributed by atoms with Crippen LogP contribution in [0.2, 0.25) is 0 Å². The first kappa shape index (κ1) is 18.9. The molecule has 1 saturated heterocycles. The van der Waals surface area contributed by atoms with Gasteiger partial charge in [0.15, 0.2) is 6.61 Å². The normalized spacial score (nSPS) is 15.0. The molecule has 7 heteroatoms. The number of amides is 1. The summed E-state index contributed by atoms with van der Waals surface area (Å²) in [5.74, 6) is -0.292. The van der Waals surface area contributed by atoms with Gasteiger partial charge >= 0.3 is 5.97 Å². The number of aromatic carboxylic acids is 1. The lowest BCUT2D eigenvalue weighted by Crippen LogP contribution is -2.41. The zero-order valence-electron chi connectivity index (χ0n) is 15.9. The molecule has 3 rings (SSSR count). The van der Waals surface area contributed by atoms with Crippen molar-refractivity contribution >= 4 is 11.9 Å². The summed E-state index contributed by atoms with van der Waals surface area (Å²) in [7, 11) is 0. The number of carbonyl (C=O) groups excluding carboxylic acids is 1. The van der Waals surface area contributed by atoms with Crippen molar-refractivity contribution in [2.45, 2.75) is 39.7 Å². The fraction of sp³-hybridized carbons (Fsp3) is 0.450. The Morgan fingerprint density at radius 1 is 1.19 bits per heavy atom. The number of benzene rings is 1. The van der Waals surface area contributed by atoms with Crippen molar-refractivity contribution in [3.05, 3.63) is 46.8 Å². The number of piperidine rings is 1. The summed E-state index contributed by atoms with van der Waals surface area (Å²) in [5, 5.41) is 13.4. The average Bonchev–Trinajstić information content (AvgIpc) is 3.04. The number of aryl methyl sites for hydroxylation is 2. The maximum absolute atomic E-state index is 12.4. The van der Waals surface area contributed by atoms with Crippen molar-refractivity contribution in [1.29, 1.82) is 0 Å². The molecule has 1 aromatic heterocycles. The van der Waals surface area contributed by atoms with Crippen molar-refractivity contribution < 1.29 is 19.4 Å². The number of hydrogen-bond acceptors (Lipinski definition) is 4. The van der Waals surface area contributed by atoms with Gasteiger partial charge < -0.3 is 14.7 Å². The van der Waals surface area contributed by atoms with Gasteiger partial charge in [-0.1, -0.05) is 6.07 Å². The summed E-state index contributed by atoms with van der Waals surface area (Å²) in [6.07, 6.45) is 2.89. The topological polar surface area (TPSA) is 84.7 Å². The van der Waals surface area contributed by atoms with Gasteiger partial charge in [-0.3, -0.25) is 9.48 Å². The number of hydrogen-bond donors (Lipinski definition) is 1. The van der Waals surface area contributed by atoms with E-state index >= 15 is 0 Å². The molecular weight excluding hydrogens is 346 g/mol. The summed E-state index contributed by atoms with van der Waals surface area (Å²) < 4.78 is 7.42. The van der Waals surface area contributed by atoms with Gasteiger partial charge in [0, 0.05) is 13.1 Å². The van der Waals surface area contributed by atoms with Gasteiger partial charge in [0.1, 0.15) is 11.3 Å². The van der Waals surface area contributed by atoms with Crippen molar-refractivity contribution in [2.75, 3.05) is 19.7 Å². The summed E-state index contributed by atoms with van der Waals surface area (Å²) in [4.78, 5) is 25.4. The second-order valence-electron chi connectivity index (χ2n) is 7.04. The second-order valence-corrected chi connectivity index (χ2v) is 7.04. The van der Waals surface area contributed by atoms with E-state index in [4.69, 9.17) is 9.84 Å². The number of rotatable bonds is 5. The highest BCUT2D eigenvalue weighted by Gasteiger charge is 2.26. The number of likely N-dealkylation sites (tertiary alicyclic amines) is 1. The molecule has 1 amide bonds. The van der Waals surface area contributed by atoms with Crippen molar-refractivity contribution in [1.82, 2.24) is 14.7 Å². The largest absolute Gasteiger partial charge is 0.484 e. The molecule has 0 spiro atoms. The van der Waals surface area contributed by atoms with Gasteiger partial charge in [0.25, 0.3) is 5.91 Å². The lowest BCUT2D eigenvalue weighted by atomic mass is 10.0. The third-order valence-electron chi connectivity index (χ3n) is 5.28. The second kappa shape index (κ2) is 7.82. The van der Waals surface area contributed by atoms with Crippen LogP contribution in [0.1, 0.15) is 46.1 Å². The number of carboxylic acids is 1. The first-order chi connectivity index (χ1) is 12.9. The van der Waals surface area contributed by atoms with Crippen LogP contribution < -0.4 is 4.74 Å². The number of aromatic nitrogens is 2. The fourth-order valence-corrected chi connectivity index (χ4v) is 3.40. The summed E-state index contributed by atoms with van der Waals surface area (Å²) in [6, 6.07) is 5.92. The van der Waals surface area contributed by atoms with E-state index in [1.165, 1.54) is 11.8 Å². The Balaban J connectivity index is 1.53. The van der Waals surface area contributed by atoms with Crippen molar-refractivity contribution in [2.24, 2.45) is 0 Å². The molecule has 27 heavy (non-hydrogen) atoms. The van der Waals surface area contributed by atoms with E-state index in [0.717, 1.165) is 18.4 Å². The van der Waals surface area contributed by atoms with Crippen molar-refractivity contribution in [3.8, 4) is 5.75 Å². The molecule has 0 aliphatic carbocycles. The van der Waals surface area contributed by atoms with Gasteiger partial charge in [0.2, 0.25) is 0 Å². The van der Waals surface area contributed by atoms with Gasteiger partial charge in [-0.15, -0.1) is 0 Å². The SMILES string of the molecule is Cc1ccc(OCC(=O)N2CCC(n3ncc(C(=O)O)c3C)CC2)cc1C. The van der Waals surface area contributed by atoms with E-state index < -0.39 is 5.97 Å². The third kappa shape index (κ3) is 4.13. The number of ether oxygens (including phenoxy) is 1. The minimum absolute atomic E-state index is 0.0249. The number of nitrogens with zero attached hydrogens (tertiary/aromatic N) is 3. The summed E-state index contributed by atoms with van der Waals surface area (Å²) in [6.45, 7) is 7.07. The maximum atomic E-state index is 12.4. The molecule has 0 unspecified atom stereocenters. The molecule has 0 bridgehead atoms. The highest BCUT2D eigenvalue weighted by Crippen LogP contribution is 2.25. The molecule has 1 aliphatic heterocycles. The standard InChI is InChI=1S/C20H25N3O4/c1-13-4-5-17(10-14(13)2)27-12-19(24)22-8-6-16(7-9-22)23-15(3)18(11-21-23)20(25)26/h4-5,10-11,16H,6-9,12H2,1-3H3,(H,25,26). The van der Waals surface area contributed by atoms with Crippen LogP contribution in [-0.4, -0.2) is 51.4 Å². The van der Waals surface area contributed by atoms with E-state index in [2.05, 4.69) is 5.10 Å². The molecule has 0 radical (unpaired) electrons. The quantitative estimate of drug-likeness (QED) is 0.874. The minimum atomic E-state index is -0.963. The van der Waals surface area contributed by atoms with E-state index in [-0.39, 0.29) is 24.1 Å². The Hall–Kier alpha value is -2.83. The molecule has 1 fully saturated rings. The molecule has 1 aliphatic rings. The average molecular weight is 371 g/mol. The highest BCUT2D eigenvalue weighted by molar-refractivity contribution is 5.88. The van der Waals surface area contributed by atoms with Crippen LogP contribution in [0.5, 0.6) is 5.75 Å². The van der Waals surface area contributed by atoms with Crippen LogP contribution in [0.3, 0.4) is 0 Å². The van der Waals surface area contributed by atoms with E-state index in [1.807, 2.05) is 32.0 Å². The first-order valence-corrected chi connectivity index (χ1v) is 9.12. The molecule has 7 nitrogen and oxygen atoms in total. The Morgan fingerprint density at radius 3 is 2.48 bits per heavy atom. The van der Waals surface area contributed by atoms with Crippen LogP contribution >= 0.6 is 0 Å². The van der Waals surface area contributed by atoms with E-state index in [0.29, 0.717) is 24.5 Å². The smallest absolute Gasteiger partial charge is 0.339 e. The van der Waals surface area contributed by atoms with Crippen LogP contribution in [0.15, 0.2) is 24.4 Å². The Labute approximate surface area is 158 Å². The van der Waals surface area contributed by atoms with E-state index in [1.54, 1.807) is 16.5 Å². The van der Waals surface area contributed by atoms with Crippen molar-refractivity contribution in [3.63, 3.8) is 0 Å². The van der Waals surface area contributed by atoms with Gasteiger partial charge in [-0.2, -0.15) is 5.10 Å². The minimum Gasteiger partial charge on any atom is -0.484 e. The number of carbonyl (C=O) groups is 2. The lowest BCUT2D eigenvalue weighted by Gasteiger charge is -2.32. The molecule has 0 saturated carbocycles. The first-order valence-electron chi connectivity index (χ1n) is 9.12. The summed E-state index contributed by atoms with van der Waals surface area (Å²) >= 11 is 0. The molecule has 1 N–H and O–H groups in total. The summed E-state index contributed by atoms with van der Waals surface area (Å²) in [5.41, 5.74) is 3.22. The van der Waals surface area contributed by atoms with E-state index in [9.17, 15) is 9.59 Å². The molecular formula is C20H25N3O4. The molecule has 2 heterocycles. The van der Waals surface area contributed by atoms with Crippen LogP contribution in [0.25, 0.3) is 0 Å². The maximum Gasteiger partial charge on any atom is 0.339 e. The molecule has 2 aromatic rings. The van der Waals surface area contributed by atoms with Crippen LogP contribution in [-0.2, 0) is 4.79 Å². The van der Waals surface area contributed by atoms with Crippen LogP contribution in [0.4, 0.5) is 0 Å². The molecule has 1 aromatic carbocycles. The Kier molecular flexibility index (Phi) is 5.48. The molecule has 0 atom stereocenters. The molecule has 144 valence electrons. The zero-order chi connectivity index (χ0) is 19.6. The van der Waals surface area contributed by atoms with Gasteiger partial charge in [-0.05, 0) is 56.9 Å². The fourth-order valence-electron chi connectivity index (χ4n) is 3.40. The predicted molar refractivity (Wildman–Crippen MR) is 100 cm³/mol.